The second-order valence-corrected chi connectivity index (χ2v) is 5.92. The van der Waals surface area contributed by atoms with Crippen molar-refractivity contribution < 1.29 is 4.79 Å². The minimum absolute atomic E-state index is 0.194. The molecule has 2 nitrogen and oxygen atoms in total. The van der Waals surface area contributed by atoms with Crippen molar-refractivity contribution in [2.24, 2.45) is 5.41 Å². The summed E-state index contributed by atoms with van der Waals surface area (Å²) in [5.41, 5.74) is 0.962. The van der Waals surface area contributed by atoms with Crippen LogP contribution in [0.15, 0.2) is 12.2 Å². The predicted octanol–water partition coefficient (Wildman–Crippen LogP) is 3.82. The largest absolute Gasteiger partial charge is 0.349 e. The van der Waals surface area contributed by atoms with E-state index in [2.05, 4.69) is 18.8 Å². The smallest absolute Gasteiger partial charge is 0.226 e. The molecule has 0 aromatic rings. The highest BCUT2D eigenvalue weighted by Crippen LogP contribution is 2.26. The zero-order valence-electron chi connectivity index (χ0n) is 11.6. The third kappa shape index (κ3) is 4.18. The maximum absolute atomic E-state index is 12.2. The minimum Gasteiger partial charge on any atom is -0.349 e. The molecular formula is C15H27NO. The van der Waals surface area contributed by atoms with Gasteiger partial charge in [0.25, 0.3) is 0 Å². The highest BCUT2D eigenvalue weighted by Gasteiger charge is 2.29. The Labute approximate surface area is 106 Å². The van der Waals surface area contributed by atoms with Crippen LogP contribution in [-0.2, 0) is 4.79 Å². The van der Waals surface area contributed by atoms with Gasteiger partial charge in [0.2, 0.25) is 5.91 Å². The van der Waals surface area contributed by atoms with Crippen LogP contribution in [0.1, 0.15) is 65.7 Å². The molecular weight excluding hydrogens is 210 g/mol. The number of amides is 1. The van der Waals surface area contributed by atoms with Gasteiger partial charge in [-0.05, 0) is 25.7 Å². The Morgan fingerprint density at radius 2 is 2.18 bits per heavy atom. The SMILES string of the molecule is C=C1CCCC[C@@H]1NC(=O)C(C)(C)CCCC. The van der Waals surface area contributed by atoms with Crippen molar-refractivity contribution >= 4 is 5.91 Å². The zero-order valence-corrected chi connectivity index (χ0v) is 11.6. The van der Waals surface area contributed by atoms with Crippen molar-refractivity contribution in [3.63, 3.8) is 0 Å². The van der Waals surface area contributed by atoms with Crippen LogP contribution in [0.5, 0.6) is 0 Å². The lowest BCUT2D eigenvalue weighted by Gasteiger charge is -2.30. The first kappa shape index (κ1) is 14.3. The maximum Gasteiger partial charge on any atom is 0.226 e. The fourth-order valence-corrected chi connectivity index (χ4v) is 2.34. The Morgan fingerprint density at radius 3 is 2.76 bits per heavy atom. The topological polar surface area (TPSA) is 29.1 Å². The van der Waals surface area contributed by atoms with E-state index in [0.717, 1.165) is 32.1 Å². The second-order valence-electron chi connectivity index (χ2n) is 5.92. The molecule has 1 N–H and O–H groups in total. The molecule has 1 aliphatic carbocycles. The quantitative estimate of drug-likeness (QED) is 0.724. The van der Waals surface area contributed by atoms with Gasteiger partial charge in [0.15, 0.2) is 0 Å². The van der Waals surface area contributed by atoms with Gasteiger partial charge in [-0.1, -0.05) is 52.2 Å². The van der Waals surface area contributed by atoms with E-state index < -0.39 is 0 Å². The third-order valence-corrected chi connectivity index (χ3v) is 3.81. The van der Waals surface area contributed by atoms with Crippen LogP contribution in [0.4, 0.5) is 0 Å². The molecule has 0 aromatic heterocycles. The lowest BCUT2D eigenvalue weighted by molar-refractivity contribution is -0.130. The summed E-state index contributed by atoms with van der Waals surface area (Å²) < 4.78 is 0. The monoisotopic (exact) mass is 237 g/mol. The molecule has 17 heavy (non-hydrogen) atoms. The van der Waals surface area contributed by atoms with Gasteiger partial charge in [0.05, 0.1) is 0 Å². The molecule has 0 bridgehead atoms. The van der Waals surface area contributed by atoms with Crippen molar-refractivity contribution in [3.05, 3.63) is 12.2 Å². The van der Waals surface area contributed by atoms with E-state index in [1.807, 2.05) is 13.8 Å². The first-order chi connectivity index (χ1) is 7.97. The van der Waals surface area contributed by atoms with Crippen molar-refractivity contribution in [3.8, 4) is 0 Å². The van der Waals surface area contributed by atoms with Crippen molar-refractivity contribution in [1.29, 1.82) is 0 Å². The standard InChI is InChI=1S/C15H27NO/c1-5-6-11-15(3,4)14(17)16-13-10-8-7-9-12(13)2/h13H,2,5-11H2,1,3-4H3,(H,16,17)/t13-/m0/s1. The van der Waals surface area contributed by atoms with Crippen LogP contribution in [-0.4, -0.2) is 11.9 Å². The lowest BCUT2D eigenvalue weighted by Crippen LogP contribution is -2.44. The fraction of sp³-hybridized carbons (Fsp3) is 0.800. The molecule has 1 fully saturated rings. The van der Waals surface area contributed by atoms with E-state index in [4.69, 9.17) is 0 Å². The summed E-state index contributed by atoms with van der Waals surface area (Å²) in [6.45, 7) is 10.3. The summed E-state index contributed by atoms with van der Waals surface area (Å²) in [5, 5.41) is 3.18. The summed E-state index contributed by atoms with van der Waals surface area (Å²) >= 11 is 0. The Bertz CT molecular complexity index is 281. The molecule has 0 saturated heterocycles. The molecule has 1 amide bonds. The van der Waals surface area contributed by atoms with E-state index >= 15 is 0 Å². The average molecular weight is 237 g/mol. The summed E-state index contributed by atoms with van der Waals surface area (Å²) in [5.74, 6) is 0.194. The number of carbonyl (C=O) groups excluding carboxylic acids is 1. The Morgan fingerprint density at radius 1 is 1.47 bits per heavy atom. The van der Waals surface area contributed by atoms with E-state index in [1.165, 1.54) is 18.4 Å². The van der Waals surface area contributed by atoms with Gasteiger partial charge in [-0.15, -0.1) is 0 Å². The Hall–Kier alpha value is -0.790. The van der Waals surface area contributed by atoms with E-state index in [1.54, 1.807) is 0 Å². The van der Waals surface area contributed by atoms with Gasteiger partial charge in [0.1, 0.15) is 0 Å². The summed E-state index contributed by atoms with van der Waals surface area (Å²) in [7, 11) is 0. The highest BCUT2D eigenvalue weighted by molar-refractivity contribution is 5.82. The van der Waals surface area contributed by atoms with Gasteiger partial charge >= 0.3 is 0 Å². The molecule has 0 aromatic carbocycles. The van der Waals surface area contributed by atoms with Gasteiger partial charge < -0.3 is 5.32 Å². The van der Waals surface area contributed by atoms with Crippen LogP contribution in [0.2, 0.25) is 0 Å². The number of hydrogen-bond acceptors (Lipinski definition) is 1. The third-order valence-electron chi connectivity index (χ3n) is 3.81. The van der Waals surface area contributed by atoms with Gasteiger partial charge in [-0.25, -0.2) is 0 Å². The molecule has 1 atom stereocenters. The van der Waals surface area contributed by atoms with Crippen molar-refractivity contribution in [2.75, 3.05) is 0 Å². The molecule has 0 heterocycles. The van der Waals surface area contributed by atoms with Gasteiger partial charge in [0, 0.05) is 11.5 Å². The minimum atomic E-state index is -0.242. The van der Waals surface area contributed by atoms with Crippen molar-refractivity contribution in [2.45, 2.75) is 71.8 Å². The molecule has 1 saturated carbocycles. The van der Waals surface area contributed by atoms with Crippen LogP contribution in [0, 0.1) is 5.41 Å². The van der Waals surface area contributed by atoms with Crippen LogP contribution in [0.3, 0.4) is 0 Å². The number of unbranched alkanes of at least 4 members (excludes halogenated alkanes) is 1. The van der Waals surface area contributed by atoms with E-state index in [9.17, 15) is 4.79 Å². The van der Waals surface area contributed by atoms with Crippen LogP contribution < -0.4 is 5.32 Å². The molecule has 0 unspecified atom stereocenters. The number of rotatable bonds is 5. The van der Waals surface area contributed by atoms with E-state index in [0.29, 0.717) is 0 Å². The molecule has 98 valence electrons. The van der Waals surface area contributed by atoms with Crippen LogP contribution >= 0.6 is 0 Å². The molecule has 0 aliphatic heterocycles. The Balaban J connectivity index is 2.49. The first-order valence-electron chi connectivity index (χ1n) is 6.96. The van der Waals surface area contributed by atoms with Gasteiger partial charge in [-0.3, -0.25) is 4.79 Å². The summed E-state index contributed by atoms with van der Waals surface area (Å²) in [6.07, 6.45) is 7.80. The normalized spacial score (nSPS) is 21.4. The molecule has 1 aliphatic rings. The summed E-state index contributed by atoms with van der Waals surface area (Å²) in [4.78, 5) is 12.2. The van der Waals surface area contributed by atoms with E-state index in [-0.39, 0.29) is 17.4 Å². The molecule has 1 rings (SSSR count). The average Bonchev–Trinajstić information content (AvgIpc) is 2.29. The maximum atomic E-state index is 12.2. The lowest BCUT2D eigenvalue weighted by atomic mass is 9.84. The molecule has 0 radical (unpaired) electrons. The van der Waals surface area contributed by atoms with Crippen molar-refractivity contribution in [1.82, 2.24) is 5.32 Å². The zero-order chi connectivity index (χ0) is 12.9. The fourth-order valence-electron chi connectivity index (χ4n) is 2.34. The number of carbonyl (C=O) groups is 1. The van der Waals surface area contributed by atoms with Gasteiger partial charge in [-0.2, -0.15) is 0 Å². The number of nitrogens with one attached hydrogen (secondary N) is 1. The predicted molar refractivity (Wildman–Crippen MR) is 72.8 cm³/mol. The summed E-state index contributed by atoms with van der Waals surface area (Å²) in [6, 6.07) is 0.220. The highest BCUT2D eigenvalue weighted by atomic mass is 16.2. The second kappa shape index (κ2) is 6.23. The molecule has 2 heteroatoms. The molecule has 0 spiro atoms. The number of hydrogen-bond donors (Lipinski definition) is 1. The first-order valence-corrected chi connectivity index (χ1v) is 6.96. The van der Waals surface area contributed by atoms with Crippen LogP contribution in [0.25, 0.3) is 0 Å². The Kier molecular flexibility index (Phi) is 5.23.